The van der Waals surface area contributed by atoms with Crippen molar-refractivity contribution in [1.82, 2.24) is 35.0 Å². The van der Waals surface area contributed by atoms with E-state index in [4.69, 9.17) is 0 Å². The maximum absolute atomic E-state index is 4.42. The Morgan fingerprint density at radius 2 is 1.29 bits per heavy atom. The zero-order valence-electron chi connectivity index (χ0n) is 12.5. The van der Waals surface area contributed by atoms with E-state index in [2.05, 4.69) is 25.6 Å². The highest BCUT2D eigenvalue weighted by Gasteiger charge is 2.10. The fraction of sp³-hybridized carbons (Fsp3) is 0. The molecule has 3 heterocycles. The van der Waals surface area contributed by atoms with Crippen LogP contribution >= 0.6 is 0 Å². The Labute approximate surface area is 136 Å². The second kappa shape index (κ2) is 4.95. The van der Waals surface area contributed by atoms with E-state index in [9.17, 15) is 0 Å². The third-order valence-electron chi connectivity index (χ3n) is 3.89. The molecule has 5 rings (SSSR count). The van der Waals surface area contributed by atoms with Crippen LogP contribution in [0.3, 0.4) is 0 Å². The Bertz CT molecular complexity index is 1080. The van der Waals surface area contributed by atoms with Gasteiger partial charge in [0.05, 0.1) is 16.7 Å². The molecule has 0 fully saturated rings. The predicted octanol–water partition coefficient (Wildman–Crippen LogP) is 2.55. The van der Waals surface area contributed by atoms with Gasteiger partial charge in [-0.15, -0.1) is 10.2 Å². The van der Waals surface area contributed by atoms with Crippen LogP contribution in [0.1, 0.15) is 0 Å². The summed E-state index contributed by atoms with van der Waals surface area (Å²) in [6.45, 7) is 0. The van der Waals surface area contributed by atoms with Crippen molar-refractivity contribution in [2.75, 3.05) is 0 Å². The SMILES string of the molecule is c1ccc2c(c1)nnn2-c1ccnc(-n2nnc3ccccc32)c1. The summed E-state index contributed by atoms with van der Waals surface area (Å²) in [6.07, 6.45) is 1.73. The molecule has 0 aliphatic rings. The maximum atomic E-state index is 4.42. The lowest BCUT2D eigenvalue weighted by Gasteiger charge is -2.05. The molecule has 7 nitrogen and oxygen atoms in total. The molecular formula is C17H11N7. The van der Waals surface area contributed by atoms with E-state index in [1.165, 1.54) is 0 Å². The molecule has 7 heteroatoms. The van der Waals surface area contributed by atoms with Crippen molar-refractivity contribution in [1.29, 1.82) is 0 Å². The molecule has 0 bridgehead atoms. The second-order valence-corrected chi connectivity index (χ2v) is 5.35. The number of nitrogens with zero attached hydrogens (tertiary/aromatic N) is 7. The van der Waals surface area contributed by atoms with Crippen LogP contribution in [0, 0.1) is 0 Å². The van der Waals surface area contributed by atoms with E-state index in [0.717, 1.165) is 27.8 Å². The van der Waals surface area contributed by atoms with Crippen LogP contribution in [0.5, 0.6) is 0 Å². The van der Waals surface area contributed by atoms with Gasteiger partial charge in [0.1, 0.15) is 11.0 Å². The van der Waals surface area contributed by atoms with Crippen LogP contribution in [0.2, 0.25) is 0 Å². The van der Waals surface area contributed by atoms with E-state index in [-0.39, 0.29) is 0 Å². The molecule has 0 radical (unpaired) electrons. The topological polar surface area (TPSA) is 74.3 Å². The summed E-state index contributed by atoms with van der Waals surface area (Å²) in [7, 11) is 0. The molecule has 0 aliphatic carbocycles. The van der Waals surface area contributed by atoms with Gasteiger partial charge in [-0.2, -0.15) is 4.68 Å². The Balaban J connectivity index is 1.69. The van der Waals surface area contributed by atoms with Gasteiger partial charge in [-0.1, -0.05) is 34.7 Å². The monoisotopic (exact) mass is 313 g/mol. The molecule has 0 unspecified atom stereocenters. The van der Waals surface area contributed by atoms with Crippen molar-refractivity contribution in [2.24, 2.45) is 0 Å². The molecule has 0 atom stereocenters. The fourth-order valence-electron chi connectivity index (χ4n) is 2.75. The van der Waals surface area contributed by atoms with Crippen molar-refractivity contribution in [3.8, 4) is 11.5 Å². The summed E-state index contributed by atoms with van der Waals surface area (Å²) < 4.78 is 3.51. The van der Waals surface area contributed by atoms with Gasteiger partial charge in [0, 0.05) is 12.3 Å². The van der Waals surface area contributed by atoms with Crippen molar-refractivity contribution < 1.29 is 0 Å². The number of hydrogen-bond donors (Lipinski definition) is 0. The summed E-state index contributed by atoms with van der Waals surface area (Å²) in [5, 5.41) is 16.8. The number of benzene rings is 2. The molecule has 0 N–H and O–H groups in total. The molecule has 0 saturated heterocycles. The van der Waals surface area contributed by atoms with Gasteiger partial charge in [0.2, 0.25) is 0 Å². The summed E-state index contributed by atoms with van der Waals surface area (Å²) >= 11 is 0. The fourth-order valence-corrected chi connectivity index (χ4v) is 2.75. The quantitative estimate of drug-likeness (QED) is 0.501. The zero-order chi connectivity index (χ0) is 15.9. The number of fused-ring (bicyclic) bond motifs is 2. The standard InChI is InChI=1S/C17H11N7/c1-3-7-15-13(5-1)19-21-23(15)12-9-10-18-17(11-12)24-16-8-4-2-6-14(16)20-22-24/h1-11H. The molecule has 3 aromatic heterocycles. The van der Waals surface area contributed by atoms with E-state index in [1.807, 2.05) is 60.7 Å². The van der Waals surface area contributed by atoms with Crippen LogP contribution in [-0.4, -0.2) is 35.0 Å². The minimum absolute atomic E-state index is 0.681. The first-order chi connectivity index (χ1) is 11.9. The molecule has 0 amide bonds. The first-order valence-electron chi connectivity index (χ1n) is 7.48. The van der Waals surface area contributed by atoms with E-state index < -0.39 is 0 Å². The molecule has 5 aromatic rings. The predicted molar refractivity (Wildman–Crippen MR) is 89.1 cm³/mol. The van der Waals surface area contributed by atoms with E-state index in [1.54, 1.807) is 15.6 Å². The van der Waals surface area contributed by atoms with Crippen molar-refractivity contribution in [2.45, 2.75) is 0 Å². The molecule has 24 heavy (non-hydrogen) atoms. The lowest BCUT2D eigenvalue weighted by atomic mass is 10.3. The van der Waals surface area contributed by atoms with Gasteiger partial charge in [-0.05, 0) is 30.3 Å². The van der Waals surface area contributed by atoms with Crippen molar-refractivity contribution >= 4 is 22.1 Å². The Hall–Kier alpha value is -3.61. The summed E-state index contributed by atoms with van der Waals surface area (Å²) in [6, 6.07) is 19.4. The molecule has 0 spiro atoms. The minimum atomic E-state index is 0.681. The summed E-state index contributed by atoms with van der Waals surface area (Å²) in [5.74, 6) is 0.681. The lowest BCUT2D eigenvalue weighted by molar-refractivity contribution is 0.788. The Morgan fingerprint density at radius 1 is 0.667 bits per heavy atom. The first-order valence-corrected chi connectivity index (χ1v) is 7.48. The molecular weight excluding hydrogens is 302 g/mol. The van der Waals surface area contributed by atoms with Crippen LogP contribution in [-0.2, 0) is 0 Å². The normalized spacial score (nSPS) is 11.3. The van der Waals surface area contributed by atoms with Gasteiger partial charge in [0.15, 0.2) is 5.82 Å². The van der Waals surface area contributed by atoms with Crippen LogP contribution in [0.15, 0.2) is 66.9 Å². The molecule has 114 valence electrons. The Kier molecular flexibility index (Phi) is 2.66. The maximum Gasteiger partial charge on any atom is 0.157 e. The zero-order valence-corrected chi connectivity index (χ0v) is 12.5. The van der Waals surface area contributed by atoms with Gasteiger partial charge in [-0.25, -0.2) is 9.67 Å². The average Bonchev–Trinajstić information content (AvgIpc) is 3.26. The number of para-hydroxylation sites is 2. The van der Waals surface area contributed by atoms with Gasteiger partial charge in [0.25, 0.3) is 0 Å². The number of pyridine rings is 1. The first kappa shape index (κ1) is 12.9. The smallest absolute Gasteiger partial charge is 0.157 e. The number of hydrogen-bond acceptors (Lipinski definition) is 5. The highest BCUT2D eigenvalue weighted by atomic mass is 15.5. The van der Waals surface area contributed by atoms with Gasteiger partial charge in [-0.3, -0.25) is 0 Å². The van der Waals surface area contributed by atoms with Gasteiger partial charge >= 0.3 is 0 Å². The number of rotatable bonds is 2. The highest BCUT2D eigenvalue weighted by molar-refractivity contribution is 5.77. The average molecular weight is 313 g/mol. The van der Waals surface area contributed by atoms with Crippen molar-refractivity contribution in [3.05, 3.63) is 66.9 Å². The summed E-state index contributed by atoms with van der Waals surface area (Å²) in [4.78, 5) is 4.42. The van der Waals surface area contributed by atoms with E-state index in [0.29, 0.717) is 5.82 Å². The lowest BCUT2D eigenvalue weighted by Crippen LogP contribution is -2.03. The summed E-state index contributed by atoms with van der Waals surface area (Å²) in [5.41, 5.74) is 4.40. The highest BCUT2D eigenvalue weighted by Crippen LogP contribution is 2.19. The van der Waals surface area contributed by atoms with Crippen LogP contribution in [0.4, 0.5) is 0 Å². The third kappa shape index (κ3) is 1.88. The molecule has 0 aliphatic heterocycles. The van der Waals surface area contributed by atoms with E-state index >= 15 is 0 Å². The second-order valence-electron chi connectivity index (χ2n) is 5.35. The molecule has 2 aromatic carbocycles. The largest absolute Gasteiger partial charge is 0.237 e. The Morgan fingerprint density at radius 3 is 2.04 bits per heavy atom. The molecule has 0 saturated carbocycles. The van der Waals surface area contributed by atoms with Gasteiger partial charge < -0.3 is 0 Å². The van der Waals surface area contributed by atoms with Crippen LogP contribution in [0.25, 0.3) is 33.6 Å². The minimum Gasteiger partial charge on any atom is -0.237 e. The van der Waals surface area contributed by atoms with Crippen LogP contribution < -0.4 is 0 Å². The number of aromatic nitrogens is 7. The van der Waals surface area contributed by atoms with Crippen molar-refractivity contribution in [3.63, 3.8) is 0 Å². The third-order valence-corrected chi connectivity index (χ3v) is 3.89.